The van der Waals surface area contributed by atoms with Gasteiger partial charge in [-0.1, -0.05) is 6.07 Å². The van der Waals surface area contributed by atoms with Crippen molar-refractivity contribution in [2.45, 2.75) is 37.9 Å². The van der Waals surface area contributed by atoms with Gasteiger partial charge >= 0.3 is 0 Å². The third-order valence-electron chi connectivity index (χ3n) is 6.48. The summed E-state index contributed by atoms with van der Waals surface area (Å²) in [5, 5.41) is 2.83. The van der Waals surface area contributed by atoms with Gasteiger partial charge in [-0.25, -0.2) is 4.39 Å². The molecule has 30 heavy (non-hydrogen) atoms. The number of hydrogen-bond donors (Lipinski definition) is 3. The molecule has 3 aliphatic rings. The van der Waals surface area contributed by atoms with Gasteiger partial charge in [0.25, 0.3) is 0 Å². The summed E-state index contributed by atoms with van der Waals surface area (Å²) >= 11 is 5.89. The molecular formula is C21H27ClFN5O2. The summed E-state index contributed by atoms with van der Waals surface area (Å²) in [5.41, 5.74) is 12.1. The SMILES string of the molecule is NC(=O)C1C2CC(CCCOc3cccc(N)c3)C(C2)C1N=C1NC(Cl)=NCC1F. The summed E-state index contributed by atoms with van der Waals surface area (Å²) in [6, 6.07) is 7.06. The first-order valence-electron chi connectivity index (χ1n) is 10.4. The first-order valence-corrected chi connectivity index (χ1v) is 10.8. The third kappa shape index (κ3) is 4.38. The number of rotatable bonds is 7. The normalized spacial score (nSPS) is 33.9. The maximum Gasteiger partial charge on any atom is 0.222 e. The molecule has 6 atom stereocenters. The van der Waals surface area contributed by atoms with Crippen LogP contribution in [0.25, 0.3) is 0 Å². The number of carbonyl (C=O) groups is 1. The fourth-order valence-electron chi connectivity index (χ4n) is 5.25. The standard InChI is InChI=1S/C21H27ClFN5O2/c22-21-26-10-16(23)20(28-21)27-18-15-8-12(17(18)19(25)29)7-11(15)3-2-6-30-14-5-1-4-13(24)9-14/h1,4-5,9,11-12,15-18H,2-3,6-8,10,24H2,(H2,25,29)(H,26,27,28). The van der Waals surface area contributed by atoms with Crippen LogP contribution in [0.15, 0.2) is 34.3 Å². The number of primary amides is 1. The molecule has 6 unspecified atom stereocenters. The highest BCUT2D eigenvalue weighted by Crippen LogP contribution is 2.54. The number of halogens is 2. The van der Waals surface area contributed by atoms with E-state index in [-0.39, 0.29) is 47.4 Å². The molecule has 5 N–H and O–H groups in total. The number of nitrogens with one attached hydrogen (secondary N) is 1. The van der Waals surface area contributed by atoms with E-state index in [1.54, 1.807) is 6.07 Å². The predicted octanol–water partition coefficient (Wildman–Crippen LogP) is 2.49. The van der Waals surface area contributed by atoms with Gasteiger partial charge < -0.3 is 21.5 Å². The number of aliphatic imine (C=N–C) groups is 2. The quantitative estimate of drug-likeness (QED) is 0.346. The van der Waals surface area contributed by atoms with Crippen molar-refractivity contribution in [3.8, 4) is 5.75 Å². The number of amides is 1. The molecule has 0 saturated heterocycles. The summed E-state index contributed by atoms with van der Waals surface area (Å²) in [5.74, 6) is 1.03. The van der Waals surface area contributed by atoms with Crippen LogP contribution in [0.5, 0.6) is 5.75 Å². The van der Waals surface area contributed by atoms with Crippen LogP contribution in [-0.2, 0) is 4.79 Å². The highest BCUT2D eigenvalue weighted by atomic mass is 35.5. The Morgan fingerprint density at radius 1 is 1.40 bits per heavy atom. The van der Waals surface area contributed by atoms with Gasteiger partial charge in [0.2, 0.25) is 5.91 Å². The Bertz CT molecular complexity index is 864. The lowest BCUT2D eigenvalue weighted by Crippen LogP contribution is -2.45. The van der Waals surface area contributed by atoms with Crippen molar-refractivity contribution in [1.29, 1.82) is 0 Å². The molecule has 1 aromatic carbocycles. The van der Waals surface area contributed by atoms with Gasteiger partial charge in [0.15, 0.2) is 11.5 Å². The number of nitrogens with two attached hydrogens (primary N) is 2. The summed E-state index contributed by atoms with van der Waals surface area (Å²) in [6.45, 7) is 0.535. The fourth-order valence-corrected chi connectivity index (χ4v) is 5.42. The van der Waals surface area contributed by atoms with Crippen LogP contribution in [0.2, 0.25) is 0 Å². The second-order valence-electron chi connectivity index (χ2n) is 8.38. The van der Waals surface area contributed by atoms with E-state index in [0.717, 1.165) is 31.4 Å². The summed E-state index contributed by atoms with van der Waals surface area (Å²) in [7, 11) is 0. The number of nitrogen functional groups attached to an aromatic ring is 1. The monoisotopic (exact) mass is 435 g/mol. The van der Waals surface area contributed by atoms with Crippen LogP contribution < -0.4 is 21.5 Å². The molecule has 0 radical (unpaired) electrons. The molecule has 2 saturated carbocycles. The van der Waals surface area contributed by atoms with E-state index < -0.39 is 6.17 Å². The molecule has 9 heteroatoms. The lowest BCUT2D eigenvalue weighted by atomic mass is 9.76. The van der Waals surface area contributed by atoms with Crippen LogP contribution in [0.4, 0.5) is 10.1 Å². The molecule has 1 aliphatic heterocycles. The van der Waals surface area contributed by atoms with Crippen LogP contribution >= 0.6 is 11.6 Å². The molecule has 0 spiro atoms. The number of amidine groups is 2. The minimum atomic E-state index is -1.34. The zero-order valence-corrected chi connectivity index (χ0v) is 17.4. The first kappa shape index (κ1) is 20.9. The fraction of sp³-hybridized carbons (Fsp3) is 0.571. The molecule has 1 heterocycles. The van der Waals surface area contributed by atoms with Crippen molar-refractivity contribution in [1.82, 2.24) is 5.32 Å². The largest absolute Gasteiger partial charge is 0.494 e. The van der Waals surface area contributed by atoms with Crippen molar-refractivity contribution < 1.29 is 13.9 Å². The maximum atomic E-state index is 14.3. The summed E-state index contributed by atoms with van der Waals surface area (Å²) in [4.78, 5) is 20.5. The Balaban J connectivity index is 1.38. The minimum Gasteiger partial charge on any atom is -0.494 e. The number of benzene rings is 1. The molecule has 2 fully saturated rings. The molecule has 2 bridgehead atoms. The number of ether oxygens (including phenoxy) is 1. The number of hydrogen-bond acceptors (Lipinski definition) is 5. The highest BCUT2D eigenvalue weighted by molar-refractivity contribution is 6.66. The molecule has 1 aromatic rings. The van der Waals surface area contributed by atoms with Crippen LogP contribution in [0.3, 0.4) is 0 Å². The number of nitrogens with zero attached hydrogens (tertiary/aromatic N) is 2. The van der Waals surface area contributed by atoms with E-state index in [0.29, 0.717) is 18.2 Å². The van der Waals surface area contributed by atoms with E-state index in [4.69, 9.17) is 27.8 Å². The minimum absolute atomic E-state index is 0.0580. The van der Waals surface area contributed by atoms with Crippen molar-refractivity contribution in [2.75, 3.05) is 18.9 Å². The Kier molecular flexibility index (Phi) is 6.13. The molecule has 1 amide bonds. The van der Waals surface area contributed by atoms with Gasteiger partial charge in [-0.2, -0.15) is 0 Å². The Labute approximate surface area is 180 Å². The molecular weight excluding hydrogens is 409 g/mol. The molecule has 7 nitrogen and oxygen atoms in total. The lowest BCUT2D eigenvalue weighted by Gasteiger charge is -2.33. The van der Waals surface area contributed by atoms with Gasteiger partial charge in [-0.05, 0) is 67.2 Å². The Morgan fingerprint density at radius 2 is 2.23 bits per heavy atom. The lowest BCUT2D eigenvalue weighted by molar-refractivity contribution is -0.124. The van der Waals surface area contributed by atoms with Crippen molar-refractivity contribution in [3.05, 3.63) is 24.3 Å². The average Bonchev–Trinajstić information content (AvgIpc) is 3.26. The number of fused-ring (bicyclic) bond motifs is 2. The molecule has 4 rings (SSSR count). The topological polar surface area (TPSA) is 115 Å². The third-order valence-corrected chi connectivity index (χ3v) is 6.70. The van der Waals surface area contributed by atoms with Gasteiger partial charge in [-0.3, -0.25) is 14.8 Å². The zero-order valence-electron chi connectivity index (χ0n) is 16.6. The number of alkyl halides is 1. The van der Waals surface area contributed by atoms with Crippen LogP contribution in [0.1, 0.15) is 25.7 Å². The van der Waals surface area contributed by atoms with Crippen molar-refractivity contribution >= 4 is 34.3 Å². The Morgan fingerprint density at radius 3 is 3.00 bits per heavy atom. The van der Waals surface area contributed by atoms with E-state index in [1.807, 2.05) is 18.2 Å². The maximum absolute atomic E-state index is 14.3. The highest BCUT2D eigenvalue weighted by Gasteiger charge is 2.54. The van der Waals surface area contributed by atoms with E-state index in [9.17, 15) is 9.18 Å². The van der Waals surface area contributed by atoms with Crippen molar-refractivity contribution in [2.24, 2.45) is 39.4 Å². The number of carbonyl (C=O) groups excluding carboxylic acids is 1. The van der Waals surface area contributed by atoms with Gasteiger partial charge in [0, 0.05) is 11.8 Å². The van der Waals surface area contributed by atoms with Gasteiger partial charge in [0.05, 0.1) is 25.1 Å². The van der Waals surface area contributed by atoms with E-state index >= 15 is 0 Å². The average molecular weight is 436 g/mol. The smallest absolute Gasteiger partial charge is 0.222 e. The summed E-state index contributed by atoms with van der Waals surface area (Å²) in [6.07, 6.45) is 2.35. The predicted molar refractivity (Wildman–Crippen MR) is 115 cm³/mol. The zero-order chi connectivity index (χ0) is 21.3. The van der Waals surface area contributed by atoms with Gasteiger partial charge in [0.1, 0.15) is 11.6 Å². The molecule has 2 aliphatic carbocycles. The van der Waals surface area contributed by atoms with Crippen LogP contribution in [-0.4, -0.2) is 42.4 Å². The van der Waals surface area contributed by atoms with Gasteiger partial charge in [-0.15, -0.1) is 0 Å². The van der Waals surface area contributed by atoms with Crippen molar-refractivity contribution in [3.63, 3.8) is 0 Å². The van der Waals surface area contributed by atoms with E-state index in [1.165, 1.54) is 0 Å². The second kappa shape index (κ2) is 8.79. The Hall–Kier alpha value is -2.35. The number of anilines is 1. The van der Waals surface area contributed by atoms with E-state index in [2.05, 4.69) is 15.3 Å². The second-order valence-corrected chi connectivity index (χ2v) is 8.73. The summed E-state index contributed by atoms with van der Waals surface area (Å²) < 4.78 is 20.1. The molecule has 162 valence electrons. The molecule has 0 aromatic heterocycles. The van der Waals surface area contributed by atoms with Crippen LogP contribution in [0, 0.1) is 23.7 Å². The first-order chi connectivity index (χ1) is 14.4.